The van der Waals surface area contributed by atoms with Gasteiger partial charge in [-0.15, -0.1) is 17.9 Å². The van der Waals surface area contributed by atoms with Crippen molar-refractivity contribution in [3.8, 4) is 5.88 Å². The third-order valence-electron chi connectivity index (χ3n) is 3.25. The molecule has 0 bridgehead atoms. The minimum Gasteiger partial charge on any atom is -0.467 e. The zero-order valence-corrected chi connectivity index (χ0v) is 11.8. The molecule has 2 aromatic heterocycles. The lowest BCUT2D eigenvalue weighted by Crippen LogP contribution is -2.29. The summed E-state index contributed by atoms with van der Waals surface area (Å²) in [5.41, 5.74) is 1.30. The Bertz CT molecular complexity index is 666. The molecule has 0 fully saturated rings. The van der Waals surface area contributed by atoms with Gasteiger partial charge < -0.3 is 10.1 Å². The van der Waals surface area contributed by atoms with Crippen LogP contribution in [0.3, 0.4) is 0 Å². The van der Waals surface area contributed by atoms with E-state index >= 15 is 0 Å². The van der Waals surface area contributed by atoms with E-state index in [1.165, 1.54) is 23.2 Å². The summed E-state index contributed by atoms with van der Waals surface area (Å²) in [6, 6.07) is 0. The zero-order chi connectivity index (χ0) is 13.9. The first-order valence-electron chi connectivity index (χ1n) is 6.55. The maximum atomic E-state index is 11.6. The van der Waals surface area contributed by atoms with Crippen LogP contribution in [0, 0.1) is 0 Å². The first kappa shape index (κ1) is 13.1. The topological polar surface area (TPSA) is 64.1 Å². The van der Waals surface area contributed by atoms with E-state index in [-0.39, 0.29) is 12.5 Å². The van der Waals surface area contributed by atoms with Gasteiger partial charge in [-0.3, -0.25) is 4.79 Å². The highest BCUT2D eigenvalue weighted by Gasteiger charge is 2.22. The molecular weight excluding hydrogens is 274 g/mol. The molecule has 0 atom stereocenters. The summed E-state index contributed by atoms with van der Waals surface area (Å²) in [4.78, 5) is 22.4. The molecular formula is C14H15N3O2S. The Kier molecular flexibility index (Phi) is 3.64. The molecule has 104 valence electrons. The molecule has 0 saturated heterocycles. The zero-order valence-electron chi connectivity index (χ0n) is 11.0. The molecule has 0 saturated carbocycles. The molecule has 0 aliphatic heterocycles. The lowest BCUT2D eigenvalue weighted by Gasteiger charge is -2.07. The minimum atomic E-state index is -0.177. The van der Waals surface area contributed by atoms with E-state index in [0.29, 0.717) is 12.4 Å². The molecule has 0 unspecified atom stereocenters. The summed E-state index contributed by atoms with van der Waals surface area (Å²) >= 11 is 1.70. The first-order valence-corrected chi connectivity index (χ1v) is 7.37. The summed E-state index contributed by atoms with van der Waals surface area (Å²) in [6.07, 6.45) is 6.44. The van der Waals surface area contributed by atoms with Crippen LogP contribution in [0.25, 0.3) is 10.2 Å². The minimum absolute atomic E-state index is 0.0371. The lowest BCUT2D eigenvalue weighted by molar-refractivity contribution is -0.122. The maximum absolute atomic E-state index is 11.6. The molecule has 1 amide bonds. The largest absolute Gasteiger partial charge is 0.467 e. The van der Waals surface area contributed by atoms with Gasteiger partial charge in [0.15, 0.2) is 6.61 Å². The Morgan fingerprint density at radius 1 is 1.50 bits per heavy atom. The van der Waals surface area contributed by atoms with Crippen molar-refractivity contribution < 1.29 is 9.53 Å². The van der Waals surface area contributed by atoms with Crippen molar-refractivity contribution >= 4 is 27.5 Å². The number of thiophene rings is 1. The van der Waals surface area contributed by atoms with Crippen molar-refractivity contribution in [1.82, 2.24) is 15.3 Å². The number of ether oxygens (including phenoxy) is 1. The number of fused-ring (bicyclic) bond motifs is 3. The average molecular weight is 289 g/mol. The van der Waals surface area contributed by atoms with Crippen molar-refractivity contribution in [2.24, 2.45) is 0 Å². The van der Waals surface area contributed by atoms with Crippen LogP contribution in [0.5, 0.6) is 5.88 Å². The number of aryl methyl sites for hydroxylation is 2. The van der Waals surface area contributed by atoms with Crippen molar-refractivity contribution in [2.75, 3.05) is 13.2 Å². The van der Waals surface area contributed by atoms with Crippen molar-refractivity contribution in [3.63, 3.8) is 0 Å². The van der Waals surface area contributed by atoms with Crippen LogP contribution in [0.4, 0.5) is 0 Å². The molecule has 5 nitrogen and oxygen atoms in total. The third kappa shape index (κ3) is 2.38. The van der Waals surface area contributed by atoms with Crippen molar-refractivity contribution in [2.45, 2.75) is 19.3 Å². The van der Waals surface area contributed by atoms with E-state index in [1.54, 1.807) is 17.4 Å². The van der Waals surface area contributed by atoms with Gasteiger partial charge in [0, 0.05) is 11.4 Å². The number of carbonyl (C=O) groups is 1. The number of hydrogen-bond donors (Lipinski definition) is 1. The van der Waals surface area contributed by atoms with E-state index < -0.39 is 0 Å². The van der Waals surface area contributed by atoms with E-state index in [1.807, 2.05) is 0 Å². The van der Waals surface area contributed by atoms with Gasteiger partial charge >= 0.3 is 0 Å². The Labute approximate surface area is 120 Å². The van der Waals surface area contributed by atoms with Gasteiger partial charge in [0.2, 0.25) is 5.88 Å². The van der Waals surface area contributed by atoms with Crippen LogP contribution in [0.1, 0.15) is 16.9 Å². The number of nitrogens with zero attached hydrogens (tertiary/aromatic N) is 2. The van der Waals surface area contributed by atoms with Crippen LogP contribution in [-0.2, 0) is 17.6 Å². The fourth-order valence-corrected chi connectivity index (χ4v) is 3.60. The third-order valence-corrected chi connectivity index (χ3v) is 4.45. The SMILES string of the molecule is C=CCNC(=O)COc1ncnc2sc3c(c12)CCC3. The van der Waals surface area contributed by atoms with Crippen LogP contribution < -0.4 is 10.1 Å². The molecule has 2 aromatic rings. The van der Waals surface area contributed by atoms with Gasteiger partial charge in [0.25, 0.3) is 5.91 Å². The van der Waals surface area contributed by atoms with Crippen molar-refractivity contribution in [1.29, 1.82) is 0 Å². The average Bonchev–Trinajstić information content (AvgIpc) is 3.03. The quantitative estimate of drug-likeness (QED) is 0.853. The second kappa shape index (κ2) is 5.58. The molecule has 2 heterocycles. The second-order valence-corrected chi connectivity index (χ2v) is 5.68. The van der Waals surface area contributed by atoms with Gasteiger partial charge in [0.05, 0.1) is 5.39 Å². The van der Waals surface area contributed by atoms with Gasteiger partial charge in [-0.05, 0) is 24.8 Å². The smallest absolute Gasteiger partial charge is 0.258 e. The van der Waals surface area contributed by atoms with Gasteiger partial charge in [-0.2, -0.15) is 0 Å². The molecule has 1 aliphatic carbocycles. The first-order chi connectivity index (χ1) is 9.79. The standard InChI is InChI=1S/C14H15N3O2S/c1-2-6-15-11(18)7-19-13-12-9-4-3-5-10(9)20-14(12)17-8-16-13/h2,8H,1,3-7H2,(H,15,18). The van der Waals surface area contributed by atoms with E-state index in [0.717, 1.165) is 23.1 Å². The van der Waals surface area contributed by atoms with E-state index in [4.69, 9.17) is 4.74 Å². The number of rotatable bonds is 5. The highest BCUT2D eigenvalue weighted by atomic mass is 32.1. The Morgan fingerprint density at radius 2 is 2.40 bits per heavy atom. The van der Waals surface area contributed by atoms with Gasteiger partial charge in [-0.25, -0.2) is 9.97 Å². The Balaban J connectivity index is 1.81. The molecule has 0 spiro atoms. The summed E-state index contributed by atoms with van der Waals surface area (Å²) in [5, 5.41) is 3.66. The van der Waals surface area contributed by atoms with Crippen molar-refractivity contribution in [3.05, 3.63) is 29.4 Å². The van der Waals surface area contributed by atoms with E-state index in [2.05, 4.69) is 21.9 Å². The van der Waals surface area contributed by atoms with E-state index in [9.17, 15) is 4.79 Å². The molecule has 20 heavy (non-hydrogen) atoms. The Morgan fingerprint density at radius 3 is 3.25 bits per heavy atom. The number of amides is 1. The highest BCUT2D eigenvalue weighted by Crippen LogP contribution is 2.39. The lowest BCUT2D eigenvalue weighted by atomic mass is 10.2. The molecule has 0 aromatic carbocycles. The molecule has 1 N–H and O–H groups in total. The normalized spacial score (nSPS) is 13.2. The molecule has 6 heteroatoms. The van der Waals surface area contributed by atoms with Crippen LogP contribution in [0.2, 0.25) is 0 Å². The maximum Gasteiger partial charge on any atom is 0.258 e. The van der Waals surface area contributed by atoms with Gasteiger partial charge in [0.1, 0.15) is 11.2 Å². The number of carbonyl (C=O) groups excluding carboxylic acids is 1. The summed E-state index contributed by atoms with van der Waals surface area (Å²) < 4.78 is 5.57. The summed E-state index contributed by atoms with van der Waals surface area (Å²) in [6.45, 7) is 3.95. The number of hydrogen-bond acceptors (Lipinski definition) is 5. The number of aromatic nitrogens is 2. The predicted molar refractivity (Wildman–Crippen MR) is 78.1 cm³/mol. The van der Waals surface area contributed by atoms with Crippen LogP contribution in [-0.4, -0.2) is 29.0 Å². The monoisotopic (exact) mass is 289 g/mol. The Hall–Kier alpha value is -1.95. The fraction of sp³-hybridized carbons (Fsp3) is 0.357. The highest BCUT2D eigenvalue weighted by molar-refractivity contribution is 7.18. The van der Waals surface area contributed by atoms with Crippen LogP contribution >= 0.6 is 11.3 Å². The summed E-state index contributed by atoms with van der Waals surface area (Å²) in [7, 11) is 0. The predicted octanol–water partition coefficient (Wildman–Crippen LogP) is 1.86. The fourth-order valence-electron chi connectivity index (χ4n) is 2.38. The number of nitrogens with one attached hydrogen (secondary N) is 1. The molecule has 1 aliphatic rings. The second-order valence-electron chi connectivity index (χ2n) is 4.60. The summed E-state index contributed by atoms with van der Waals surface area (Å²) in [5.74, 6) is 0.340. The van der Waals surface area contributed by atoms with Crippen LogP contribution in [0.15, 0.2) is 19.0 Å². The molecule has 0 radical (unpaired) electrons. The van der Waals surface area contributed by atoms with Gasteiger partial charge in [-0.1, -0.05) is 6.08 Å². The molecule has 3 rings (SSSR count).